The van der Waals surface area contributed by atoms with E-state index in [-0.39, 0.29) is 11.3 Å². The van der Waals surface area contributed by atoms with Gasteiger partial charge in [-0.25, -0.2) is 9.18 Å². The highest BCUT2D eigenvalue weighted by Gasteiger charge is 2.21. The van der Waals surface area contributed by atoms with E-state index in [9.17, 15) is 18.8 Å². The number of carbonyl (C=O) groups is 3. The number of ketones is 1. The van der Waals surface area contributed by atoms with Gasteiger partial charge in [0.15, 0.2) is 11.9 Å². The molecule has 2 rings (SSSR count). The number of esters is 1. The van der Waals surface area contributed by atoms with Gasteiger partial charge in [0.1, 0.15) is 5.82 Å². The van der Waals surface area contributed by atoms with Crippen LogP contribution in [0.3, 0.4) is 0 Å². The quantitative estimate of drug-likeness (QED) is 0.600. The summed E-state index contributed by atoms with van der Waals surface area (Å²) in [4.78, 5) is 35.6. The maximum absolute atomic E-state index is 13.3. The molecule has 0 fully saturated rings. The lowest BCUT2D eigenvalue weighted by molar-refractivity contribution is -0.123. The van der Waals surface area contributed by atoms with Crippen molar-refractivity contribution in [2.75, 3.05) is 5.32 Å². The zero-order valence-electron chi connectivity index (χ0n) is 13.5. The SMILES string of the molecule is CC(=O)c1cccc(NC(=O)[C@@H](C)OC(=O)c2cc(F)ccc2Br)c1. The van der Waals surface area contributed by atoms with Gasteiger partial charge in [-0.2, -0.15) is 0 Å². The van der Waals surface area contributed by atoms with Gasteiger partial charge in [0.2, 0.25) is 0 Å². The molecular weight excluding hydrogens is 393 g/mol. The van der Waals surface area contributed by atoms with Gasteiger partial charge in [-0.05, 0) is 60.1 Å². The molecule has 0 aliphatic carbocycles. The van der Waals surface area contributed by atoms with Crippen molar-refractivity contribution < 1.29 is 23.5 Å². The second kappa shape index (κ2) is 8.02. The van der Waals surface area contributed by atoms with Crippen LogP contribution in [0.5, 0.6) is 0 Å². The Kier molecular flexibility index (Phi) is 6.03. The second-order valence-electron chi connectivity index (χ2n) is 5.30. The molecule has 0 saturated carbocycles. The molecule has 0 aliphatic heterocycles. The molecule has 0 aliphatic rings. The summed E-state index contributed by atoms with van der Waals surface area (Å²) in [6.45, 7) is 2.82. The van der Waals surface area contributed by atoms with Gasteiger partial charge in [-0.3, -0.25) is 9.59 Å². The number of amides is 1. The molecule has 2 aromatic carbocycles. The summed E-state index contributed by atoms with van der Waals surface area (Å²) in [6, 6.07) is 9.99. The molecule has 0 spiro atoms. The van der Waals surface area contributed by atoms with E-state index in [1.54, 1.807) is 18.2 Å². The smallest absolute Gasteiger partial charge is 0.340 e. The Labute approximate surface area is 152 Å². The van der Waals surface area contributed by atoms with E-state index in [1.807, 2.05) is 0 Å². The highest BCUT2D eigenvalue weighted by atomic mass is 79.9. The van der Waals surface area contributed by atoms with Gasteiger partial charge in [-0.1, -0.05) is 12.1 Å². The number of carbonyl (C=O) groups excluding carboxylic acids is 3. The van der Waals surface area contributed by atoms with E-state index >= 15 is 0 Å². The minimum atomic E-state index is -1.11. The number of ether oxygens (including phenoxy) is 1. The minimum Gasteiger partial charge on any atom is -0.449 e. The van der Waals surface area contributed by atoms with Crippen LogP contribution in [0, 0.1) is 5.82 Å². The van der Waals surface area contributed by atoms with Gasteiger partial charge >= 0.3 is 5.97 Å². The zero-order chi connectivity index (χ0) is 18.6. The first-order valence-electron chi connectivity index (χ1n) is 7.36. The van der Waals surface area contributed by atoms with Crippen LogP contribution in [-0.4, -0.2) is 23.8 Å². The molecule has 0 radical (unpaired) electrons. The first kappa shape index (κ1) is 18.8. The molecule has 25 heavy (non-hydrogen) atoms. The van der Waals surface area contributed by atoms with Gasteiger partial charge in [-0.15, -0.1) is 0 Å². The summed E-state index contributed by atoms with van der Waals surface area (Å²) in [5.74, 6) is -2.12. The molecule has 2 aromatic rings. The van der Waals surface area contributed by atoms with Crippen LogP contribution in [0.15, 0.2) is 46.9 Å². The first-order chi connectivity index (χ1) is 11.8. The lowest BCUT2D eigenvalue weighted by Gasteiger charge is -2.14. The zero-order valence-corrected chi connectivity index (χ0v) is 15.1. The summed E-state index contributed by atoms with van der Waals surface area (Å²) < 4.78 is 18.7. The molecule has 1 atom stereocenters. The Morgan fingerprint density at radius 2 is 1.88 bits per heavy atom. The molecule has 1 amide bonds. The predicted molar refractivity (Wildman–Crippen MR) is 94.1 cm³/mol. The first-order valence-corrected chi connectivity index (χ1v) is 8.15. The third kappa shape index (κ3) is 4.96. The molecule has 0 bridgehead atoms. The van der Waals surface area contributed by atoms with Crippen molar-refractivity contribution in [2.45, 2.75) is 20.0 Å². The Bertz CT molecular complexity index is 838. The molecule has 0 saturated heterocycles. The fourth-order valence-electron chi connectivity index (χ4n) is 1.99. The number of rotatable bonds is 5. The fourth-order valence-corrected chi connectivity index (χ4v) is 2.40. The molecular formula is C18H15BrFNO4. The van der Waals surface area contributed by atoms with E-state index in [1.165, 1.54) is 32.0 Å². The van der Waals surface area contributed by atoms with Gasteiger partial charge < -0.3 is 10.1 Å². The molecule has 5 nitrogen and oxygen atoms in total. The molecule has 1 N–H and O–H groups in total. The largest absolute Gasteiger partial charge is 0.449 e. The van der Waals surface area contributed by atoms with Crippen molar-refractivity contribution in [3.63, 3.8) is 0 Å². The Morgan fingerprint density at radius 3 is 2.56 bits per heavy atom. The van der Waals surface area contributed by atoms with E-state index in [2.05, 4.69) is 21.2 Å². The van der Waals surface area contributed by atoms with Crippen LogP contribution in [-0.2, 0) is 9.53 Å². The highest BCUT2D eigenvalue weighted by Crippen LogP contribution is 2.19. The standard InChI is InChI=1S/C18H15BrFNO4/c1-10(22)12-4-3-5-14(8-12)21-17(23)11(2)25-18(24)15-9-13(20)6-7-16(15)19/h3-9,11H,1-2H3,(H,21,23)/t11-/m1/s1. The van der Waals surface area contributed by atoms with E-state index < -0.39 is 23.8 Å². The number of benzene rings is 2. The average Bonchev–Trinajstić information content (AvgIpc) is 2.57. The van der Waals surface area contributed by atoms with Crippen LogP contribution in [0.4, 0.5) is 10.1 Å². The van der Waals surface area contributed by atoms with E-state index in [4.69, 9.17) is 4.74 Å². The summed E-state index contributed by atoms with van der Waals surface area (Å²) >= 11 is 3.13. The van der Waals surface area contributed by atoms with E-state index in [0.29, 0.717) is 15.7 Å². The highest BCUT2D eigenvalue weighted by molar-refractivity contribution is 9.10. The molecule has 0 heterocycles. The lowest BCUT2D eigenvalue weighted by Crippen LogP contribution is -2.30. The molecule has 0 unspecified atom stereocenters. The fraction of sp³-hybridized carbons (Fsp3) is 0.167. The Hall–Kier alpha value is -2.54. The van der Waals surface area contributed by atoms with Crippen molar-refractivity contribution in [1.29, 1.82) is 0 Å². The van der Waals surface area contributed by atoms with Crippen molar-refractivity contribution >= 4 is 39.3 Å². The maximum Gasteiger partial charge on any atom is 0.340 e. The number of hydrogen-bond donors (Lipinski definition) is 1. The van der Waals surface area contributed by atoms with Crippen LogP contribution >= 0.6 is 15.9 Å². The number of halogens is 2. The monoisotopic (exact) mass is 407 g/mol. The van der Waals surface area contributed by atoms with Crippen molar-refractivity contribution in [2.24, 2.45) is 0 Å². The van der Waals surface area contributed by atoms with Crippen molar-refractivity contribution in [3.05, 3.63) is 63.9 Å². The number of anilines is 1. The summed E-state index contributed by atoms with van der Waals surface area (Å²) in [6.07, 6.45) is -1.11. The topological polar surface area (TPSA) is 72.5 Å². The normalized spacial score (nSPS) is 11.5. The number of Topliss-reactive ketones (excluding diaryl/α,β-unsaturated/α-hetero) is 1. The predicted octanol–water partition coefficient (Wildman–Crippen LogP) is 3.97. The van der Waals surface area contributed by atoms with Crippen molar-refractivity contribution in [1.82, 2.24) is 0 Å². The lowest BCUT2D eigenvalue weighted by atomic mass is 10.1. The molecule has 130 valence electrons. The number of nitrogens with one attached hydrogen (secondary N) is 1. The maximum atomic E-state index is 13.3. The van der Waals surface area contributed by atoms with Gasteiger partial charge in [0.25, 0.3) is 5.91 Å². The average molecular weight is 408 g/mol. The summed E-state index contributed by atoms with van der Waals surface area (Å²) in [5, 5.41) is 2.57. The Morgan fingerprint density at radius 1 is 1.16 bits per heavy atom. The van der Waals surface area contributed by atoms with Crippen LogP contribution in [0.25, 0.3) is 0 Å². The van der Waals surface area contributed by atoms with Gasteiger partial charge in [0, 0.05) is 15.7 Å². The van der Waals surface area contributed by atoms with E-state index in [0.717, 1.165) is 6.07 Å². The van der Waals surface area contributed by atoms with Crippen LogP contribution < -0.4 is 5.32 Å². The second-order valence-corrected chi connectivity index (χ2v) is 6.15. The third-order valence-electron chi connectivity index (χ3n) is 3.34. The van der Waals surface area contributed by atoms with Crippen LogP contribution in [0.1, 0.15) is 34.6 Å². The van der Waals surface area contributed by atoms with Crippen molar-refractivity contribution in [3.8, 4) is 0 Å². The van der Waals surface area contributed by atoms with Crippen LogP contribution in [0.2, 0.25) is 0 Å². The molecule has 0 aromatic heterocycles. The minimum absolute atomic E-state index is 0.0155. The summed E-state index contributed by atoms with van der Waals surface area (Å²) in [7, 11) is 0. The third-order valence-corrected chi connectivity index (χ3v) is 4.03. The Balaban J connectivity index is 2.05. The summed E-state index contributed by atoms with van der Waals surface area (Å²) in [5.41, 5.74) is 0.844. The number of hydrogen-bond acceptors (Lipinski definition) is 4. The molecule has 7 heteroatoms. The van der Waals surface area contributed by atoms with Gasteiger partial charge in [0.05, 0.1) is 5.56 Å².